The van der Waals surface area contributed by atoms with Crippen LogP contribution in [0.2, 0.25) is 5.02 Å². The van der Waals surface area contributed by atoms with E-state index in [0.29, 0.717) is 23.7 Å². The lowest BCUT2D eigenvalue weighted by molar-refractivity contribution is -0.127. The molecule has 1 aromatic heterocycles. The highest BCUT2D eigenvalue weighted by Gasteiger charge is 2.30. The molecule has 1 unspecified atom stereocenters. The van der Waals surface area contributed by atoms with Crippen molar-refractivity contribution >= 4 is 23.4 Å². The highest BCUT2D eigenvalue weighted by atomic mass is 35.5. The molecule has 2 heterocycles. The van der Waals surface area contributed by atoms with Crippen LogP contribution in [-0.4, -0.2) is 40.8 Å². The molecule has 0 saturated carbocycles. The molecule has 1 aliphatic heterocycles. The van der Waals surface area contributed by atoms with Crippen molar-refractivity contribution in [2.75, 3.05) is 13.1 Å². The summed E-state index contributed by atoms with van der Waals surface area (Å²) in [7, 11) is 0. The maximum atomic E-state index is 12.3. The smallest absolute Gasteiger partial charge is 0.257 e. The van der Waals surface area contributed by atoms with E-state index in [1.807, 2.05) is 0 Å². The minimum atomic E-state index is -0.483. The summed E-state index contributed by atoms with van der Waals surface area (Å²) in [6.07, 6.45) is 1.46. The van der Waals surface area contributed by atoms with Gasteiger partial charge in [-0.25, -0.2) is 0 Å². The van der Waals surface area contributed by atoms with Crippen molar-refractivity contribution in [2.45, 2.75) is 19.9 Å². The Hall–Kier alpha value is -1.62. The SMILES string of the molecule is Cc1cc(Cl)c(C(=O)N2CCNC(=O)C2C)cn1. The third-order valence-electron chi connectivity index (χ3n) is 2.98. The van der Waals surface area contributed by atoms with Crippen LogP contribution < -0.4 is 5.32 Å². The molecule has 5 nitrogen and oxygen atoms in total. The van der Waals surface area contributed by atoms with E-state index in [9.17, 15) is 9.59 Å². The lowest BCUT2D eigenvalue weighted by atomic mass is 10.1. The number of piperazine rings is 1. The predicted octanol–water partition coefficient (Wildman–Crippen LogP) is 1.00. The monoisotopic (exact) mass is 267 g/mol. The molecular weight excluding hydrogens is 254 g/mol. The van der Waals surface area contributed by atoms with E-state index in [1.54, 1.807) is 19.9 Å². The number of nitrogens with zero attached hydrogens (tertiary/aromatic N) is 2. The van der Waals surface area contributed by atoms with E-state index < -0.39 is 6.04 Å². The number of hydrogen-bond donors (Lipinski definition) is 1. The van der Waals surface area contributed by atoms with Gasteiger partial charge >= 0.3 is 0 Å². The molecular formula is C12H14ClN3O2. The zero-order valence-corrected chi connectivity index (χ0v) is 11.0. The summed E-state index contributed by atoms with van der Waals surface area (Å²) >= 11 is 6.04. The first kappa shape index (κ1) is 12.8. The summed E-state index contributed by atoms with van der Waals surface area (Å²) in [5, 5.41) is 3.08. The van der Waals surface area contributed by atoms with Gasteiger partial charge in [-0.2, -0.15) is 0 Å². The van der Waals surface area contributed by atoms with Crippen molar-refractivity contribution < 1.29 is 9.59 Å². The third kappa shape index (κ3) is 2.31. The maximum absolute atomic E-state index is 12.3. The fourth-order valence-corrected chi connectivity index (χ4v) is 2.19. The highest BCUT2D eigenvalue weighted by molar-refractivity contribution is 6.33. The summed E-state index contributed by atoms with van der Waals surface area (Å²) in [5.74, 6) is -0.402. The summed E-state index contributed by atoms with van der Waals surface area (Å²) < 4.78 is 0. The largest absolute Gasteiger partial charge is 0.353 e. The fraction of sp³-hybridized carbons (Fsp3) is 0.417. The molecule has 96 valence electrons. The summed E-state index contributed by atoms with van der Waals surface area (Å²) in [4.78, 5) is 29.4. The van der Waals surface area contributed by atoms with Gasteiger partial charge < -0.3 is 10.2 Å². The van der Waals surface area contributed by atoms with Crippen LogP contribution in [0.25, 0.3) is 0 Å². The van der Waals surface area contributed by atoms with Crippen LogP contribution in [-0.2, 0) is 4.79 Å². The Morgan fingerprint density at radius 3 is 3.00 bits per heavy atom. The van der Waals surface area contributed by atoms with Crippen LogP contribution in [0.15, 0.2) is 12.3 Å². The number of pyridine rings is 1. The van der Waals surface area contributed by atoms with E-state index in [2.05, 4.69) is 10.3 Å². The predicted molar refractivity (Wildman–Crippen MR) is 67.5 cm³/mol. The fourth-order valence-electron chi connectivity index (χ4n) is 1.90. The van der Waals surface area contributed by atoms with Gasteiger partial charge in [0.05, 0.1) is 10.6 Å². The molecule has 0 aromatic carbocycles. The minimum absolute atomic E-state index is 0.147. The van der Waals surface area contributed by atoms with Crippen LogP contribution in [0.1, 0.15) is 23.0 Å². The Labute approximate surface area is 110 Å². The van der Waals surface area contributed by atoms with Gasteiger partial charge in [-0.3, -0.25) is 14.6 Å². The topological polar surface area (TPSA) is 62.3 Å². The van der Waals surface area contributed by atoms with Crippen molar-refractivity contribution in [1.82, 2.24) is 15.2 Å². The first-order valence-electron chi connectivity index (χ1n) is 5.71. The number of aromatic nitrogens is 1. The molecule has 1 fully saturated rings. The minimum Gasteiger partial charge on any atom is -0.353 e. The third-order valence-corrected chi connectivity index (χ3v) is 3.29. The molecule has 1 aliphatic rings. The van der Waals surface area contributed by atoms with Gasteiger partial charge in [0.2, 0.25) is 5.91 Å². The second-order valence-electron chi connectivity index (χ2n) is 4.27. The Bertz CT molecular complexity index is 504. The quantitative estimate of drug-likeness (QED) is 0.826. The molecule has 2 rings (SSSR count). The molecule has 1 aromatic rings. The molecule has 1 saturated heterocycles. The van der Waals surface area contributed by atoms with Crippen molar-refractivity contribution in [3.8, 4) is 0 Å². The molecule has 2 amide bonds. The van der Waals surface area contributed by atoms with E-state index in [0.717, 1.165) is 5.69 Å². The van der Waals surface area contributed by atoms with E-state index >= 15 is 0 Å². The van der Waals surface area contributed by atoms with Gasteiger partial charge in [-0.1, -0.05) is 11.6 Å². The van der Waals surface area contributed by atoms with Crippen molar-refractivity contribution in [3.05, 3.63) is 28.5 Å². The molecule has 1 N–H and O–H groups in total. The molecule has 1 atom stereocenters. The molecule has 0 spiro atoms. The van der Waals surface area contributed by atoms with Gasteiger partial charge in [0.15, 0.2) is 0 Å². The molecule has 0 radical (unpaired) electrons. The first-order chi connectivity index (χ1) is 8.50. The second kappa shape index (κ2) is 4.94. The number of carbonyl (C=O) groups excluding carboxylic acids is 2. The van der Waals surface area contributed by atoms with Gasteiger partial charge in [0.25, 0.3) is 5.91 Å². The number of carbonyl (C=O) groups is 2. The summed E-state index contributed by atoms with van der Waals surface area (Å²) in [5.41, 5.74) is 1.09. The van der Waals surface area contributed by atoms with Crippen molar-refractivity contribution in [1.29, 1.82) is 0 Å². The van der Waals surface area contributed by atoms with Crippen LogP contribution in [0, 0.1) is 6.92 Å². The summed E-state index contributed by atoms with van der Waals surface area (Å²) in [6, 6.07) is 1.16. The average Bonchev–Trinajstić information content (AvgIpc) is 2.32. The van der Waals surface area contributed by atoms with Gasteiger partial charge in [0.1, 0.15) is 6.04 Å². The van der Waals surface area contributed by atoms with Crippen LogP contribution in [0.5, 0.6) is 0 Å². The normalized spacial score (nSPS) is 19.6. The molecule has 0 bridgehead atoms. The van der Waals surface area contributed by atoms with Crippen LogP contribution >= 0.6 is 11.6 Å². The number of halogens is 1. The van der Waals surface area contributed by atoms with Crippen molar-refractivity contribution in [3.63, 3.8) is 0 Å². The number of rotatable bonds is 1. The summed E-state index contributed by atoms with van der Waals surface area (Å²) in [6.45, 7) is 4.45. The number of nitrogens with one attached hydrogen (secondary N) is 1. The van der Waals surface area contributed by atoms with Crippen LogP contribution in [0.3, 0.4) is 0 Å². The Kier molecular flexibility index (Phi) is 3.52. The Morgan fingerprint density at radius 2 is 2.33 bits per heavy atom. The standard InChI is InChI=1S/C12H14ClN3O2/c1-7-5-10(13)9(6-15-7)12(18)16-4-3-14-11(17)8(16)2/h5-6,8H,3-4H2,1-2H3,(H,14,17). The average molecular weight is 268 g/mol. The number of aryl methyl sites for hydroxylation is 1. The Morgan fingerprint density at radius 1 is 1.61 bits per heavy atom. The first-order valence-corrected chi connectivity index (χ1v) is 6.09. The van der Waals surface area contributed by atoms with Gasteiger partial charge in [-0.05, 0) is 19.9 Å². The van der Waals surface area contributed by atoms with E-state index in [1.165, 1.54) is 11.1 Å². The number of hydrogen-bond acceptors (Lipinski definition) is 3. The zero-order chi connectivity index (χ0) is 13.3. The number of amides is 2. The molecule has 0 aliphatic carbocycles. The zero-order valence-electron chi connectivity index (χ0n) is 10.2. The maximum Gasteiger partial charge on any atom is 0.257 e. The lowest BCUT2D eigenvalue weighted by Gasteiger charge is -2.32. The molecule has 6 heteroatoms. The van der Waals surface area contributed by atoms with Gasteiger partial charge in [-0.15, -0.1) is 0 Å². The molecule has 18 heavy (non-hydrogen) atoms. The lowest BCUT2D eigenvalue weighted by Crippen LogP contribution is -2.55. The Balaban J connectivity index is 2.28. The van der Waals surface area contributed by atoms with Gasteiger partial charge in [0, 0.05) is 25.0 Å². The second-order valence-corrected chi connectivity index (χ2v) is 4.68. The van der Waals surface area contributed by atoms with Crippen LogP contribution in [0.4, 0.5) is 0 Å². The van der Waals surface area contributed by atoms with E-state index in [4.69, 9.17) is 11.6 Å². The van der Waals surface area contributed by atoms with Crippen molar-refractivity contribution in [2.24, 2.45) is 0 Å². The van der Waals surface area contributed by atoms with E-state index in [-0.39, 0.29) is 11.8 Å². The highest BCUT2D eigenvalue weighted by Crippen LogP contribution is 2.19.